The average molecular weight is 517 g/mol. The molecule has 0 unspecified atom stereocenters. The zero-order valence-corrected chi connectivity index (χ0v) is 19.8. The Morgan fingerprint density at radius 3 is 2.55 bits per heavy atom. The Labute approximate surface area is 197 Å². The van der Waals surface area contributed by atoms with Crippen molar-refractivity contribution in [3.05, 3.63) is 57.7 Å². The smallest absolute Gasteiger partial charge is 0.275 e. The third kappa shape index (κ3) is 3.82. The van der Waals surface area contributed by atoms with Gasteiger partial charge in [-0.1, -0.05) is 0 Å². The Kier molecular flexibility index (Phi) is 5.62. The lowest BCUT2D eigenvalue weighted by atomic mass is 10.00. The number of carbonyl (C=O) groups is 1. The molecule has 0 fully saturated rings. The van der Waals surface area contributed by atoms with Crippen LogP contribution in [0, 0.1) is 23.0 Å². The number of methoxy groups -OCH3 is 1. The summed E-state index contributed by atoms with van der Waals surface area (Å²) in [7, 11) is 3.02. The lowest BCUT2D eigenvalue weighted by Gasteiger charge is -2.29. The summed E-state index contributed by atoms with van der Waals surface area (Å²) in [5.41, 5.74) is 0.471. The fourth-order valence-corrected chi connectivity index (χ4v) is 4.02. The minimum absolute atomic E-state index is 0.00713. The van der Waals surface area contributed by atoms with E-state index in [1.165, 1.54) is 23.7 Å². The van der Waals surface area contributed by atoms with Gasteiger partial charge < -0.3 is 14.4 Å². The molecule has 7 nitrogen and oxygen atoms in total. The fourth-order valence-electron chi connectivity index (χ4n) is 3.52. The maximum atomic E-state index is 14.1. The molecule has 170 valence electrons. The van der Waals surface area contributed by atoms with E-state index in [0.717, 1.165) is 18.2 Å². The number of halogens is 3. The summed E-state index contributed by atoms with van der Waals surface area (Å²) in [5.74, 6) is -1.09. The predicted molar refractivity (Wildman–Crippen MR) is 119 cm³/mol. The normalized spacial score (nSPS) is 12.3. The van der Waals surface area contributed by atoms with Crippen LogP contribution < -0.4 is 9.47 Å². The minimum Gasteiger partial charge on any atom is -0.495 e. The number of benzene rings is 2. The lowest BCUT2D eigenvalue weighted by molar-refractivity contribution is 0.0689. The SMILES string of the molecule is COc1cc2c(cc1Br)-c1c(c(C(=O)N(C)C(C)(C)C#N)nn1-c1cc(F)cc(F)c1)CO2. The van der Waals surface area contributed by atoms with Gasteiger partial charge in [-0.2, -0.15) is 10.4 Å². The van der Waals surface area contributed by atoms with Gasteiger partial charge in [0.05, 0.1) is 29.0 Å². The van der Waals surface area contributed by atoms with Gasteiger partial charge in [0.25, 0.3) is 5.91 Å². The fraction of sp³-hybridized carbons (Fsp3) is 0.261. The first-order valence-electron chi connectivity index (χ1n) is 9.86. The van der Waals surface area contributed by atoms with Crippen LogP contribution in [0.2, 0.25) is 0 Å². The molecule has 0 aliphatic carbocycles. The monoisotopic (exact) mass is 516 g/mol. The standard InChI is InChI=1S/C23H19BrF2N4O3/c1-23(2,11-27)29(3)22(31)20-16-10-33-18-9-19(32-4)17(24)8-15(18)21(16)30(28-20)14-6-12(25)5-13(26)7-14/h5-9H,10H2,1-4H3. The van der Waals surface area contributed by atoms with Gasteiger partial charge in [-0.15, -0.1) is 0 Å². The third-order valence-electron chi connectivity index (χ3n) is 5.58. The second kappa shape index (κ2) is 8.15. The van der Waals surface area contributed by atoms with Gasteiger partial charge in [0, 0.05) is 30.3 Å². The highest BCUT2D eigenvalue weighted by Gasteiger charge is 2.36. The highest BCUT2D eigenvalue weighted by molar-refractivity contribution is 9.10. The zero-order valence-electron chi connectivity index (χ0n) is 18.2. The number of rotatable bonds is 4. The minimum atomic E-state index is -1.11. The number of ether oxygens (including phenoxy) is 2. The van der Waals surface area contributed by atoms with Gasteiger partial charge in [-0.25, -0.2) is 13.5 Å². The van der Waals surface area contributed by atoms with Crippen LogP contribution in [-0.2, 0) is 6.61 Å². The van der Waals surface area contributed by atoms with Gasteiger partial charge in [0.1, 0.15) is 35.3 Å². The van der Waals surface area contributed by atoms with Crippen molar-refractivity contribution >= 4 is 21.8 Å². The maximum absolute atomic E-state index is 14.1. The number of nitriles is 1. The highest BCUT2D eigenvalue weighted by Crippen LogP contribution is 2.45. The molecule has 2 heterocycles. The summed E-state index contributed by atoms with van der Waals surface area (Å²) in [6.45, 7) is 3.20. The highest BCUT2D eigenvalue weighted by atomic mass is 79.9. The molecule has 33 heavy (non-hydrogen) atoms. The molecule has 0 bridgehead atoms. The Hall–Kier alpha value is -3.45. The Bertz CT molecular complexity index is 1310. The molecule has 1 aliphatic rings. The topological polar surface area (TPSA) is 80.4 Å². The summed E-state index contributed by atoms with van der Waals surface area (Å²) in [6, 6.07) is 8.50. The molecule has 0 N–H and O–H groups in total. The Morgan fingerprint density at radius 1 is 1.27 bits per heavy atom. The predicted octanol–water partition coefficient (Wildman–Crippen LogP) is 4.86. The van der Waals surface area contributed by atoms with Crippen LogP contribution in [0.5, 0.6) is 11.5 Å². The van der Waals surface area contributed by atoms with Gasteiger partial charge in [-0.05, 0) is 48.0 Å². The van der Waals surface area contributed by atoms with Gasteiger partial charge >= 0.3 is 0 Å². The van der Waals surface area contributed by atoms with Crippen molar-refractivity contribution in [2.75, 3.05) is 14.2 Å². The molecule has 3 aromatic rings. The van der Waals surface area contributed by atoms with E-state index >= 15 is 0 Å². The molecule has 0 radical (unpaired) electrons. The molecule has 0 spiro atoms. The van der Waals surface area contributed by atoms with E-state index in [9.17, 15) is 18.8 Å². The summed E-state index contributed by atoms with van der Waals surface area (Å²) >= 11 is 3.44. The molecule has 0 saturated heterocycles. The van der Waals surface area contributed by atoms with Crippen LogP contribution in [0.25, 0.3) is 16.9 Å². The second-order valence-electron chi connectivity index (χ2n) is 8.02. The molecule has 0 saturated carbocycles. The maximum Gasteiger partial charge on any atom is 0.275 e. The molecular weight excluding hydrogens is 498 g/mol. The number of hydrogen-bond donors (Lipinski definition) is 0. The number of aromatic nitrogens is 2. The second-order valence-corrected chi connectivity index (χ2v) is 8.88. The van der Waals surface area contributed by atoms with E-state index in [4.69, 9.17) is 9.47 Å². The van der Waals surface area contributed by atoms with Crippen molar-refractivity contribution in [2.24, 2.45) is 0 Å². The quantitative estimate of drug-likeness (QED) is 0.494. The summed E-state index contributed by atoms with van der Waals surface area (Å²) in [6.07, 6.45) is 0. The number of hydrogen-bond acceptors (Lipinski definition) is 5. The van der Waals surface area contributed by atoms with Gasteiger partial charge in [0.2, 0.25) is 0 Å². The van der Waals surface area contributed by atoms with E-state index < -0.39 is 23.1 Å². The number of carbonyl (C=O) groups excluding carboxylic acids is 1. The van der Waals surface area contributed by atoms with E-state index in [-0.39, 0.29) is 18.0 Å². The van der Waals surface area contributed by atoms with Crippen LogP contribution in [0.3, 0.4) is 0 Å². The molecule has 4 rings (SSSR count). The first-order valence-corrected chi connectivity index (χ1v) is 10.6. The van der Waals surface area contributed by atoms with Crippen molar-refractivity contribution in [1.29, 1.82) is 5.26 Å². The van der Waals surface area contributed by atoms with Crippen molar-refractivity contribution in [1.82, 2.24) is 14.7 Å². The number of fused-ring (bicyclic) bond motifs is 3. The summed E-state index contributed by atoms with van der Waals surface area (Å²) < 4.78 is 41.3. The number of nitrogens with zero attached hydrogens (tertiary/aromatic N) is 4. The first-order chi connectivity index (χ1) is 15.6. The van der Waals surface area contributed by atoms with Crippen LogP contribution in [0.15, 0.2) is 34.8 Å². The van der Waals surface area contributed by atoms with E-state index in [1.807, 2.05) is 0 Å². The van der Waals surface area contributed by atoms with E-state index in [1.54, 1.807) is 26.0 Å². The van der Waals surface area contributed by atoms with Crippen molar-refractivity contribution in [3.8, 4) is 34.5 Å². The summed E-state index contributed by atoms with van der Waals surface area (Å²) in [4.78, 5) is 14.6. The van der Waals surface area contributed by atoms with Crippen LogP contribution in [0.4, 0.5) is 8.78 Å². The van der Waals surface area contributed by atoms with Crippen molar-refractivity contribution < 1.29 is 23.0 Å². The molecule has 10 heteroatoms. The molecule has 0 atom stereocenters. The Balaban J connectivity index is 1.99. The van der Waals surface area contributed by atoms with Crippen LogP contribution in [0.1, 0.15) is 29.9 Å². The average Bonchev–Trinajstić information content (AvgIpc) is 3.17. The van der Waals surface area contributed by atoms with Gasteiger partial charge in [-0.3, -0.25) is 4.79 Å². The van der Waals surface area contributed by atoms with E-state index in [0.29, 0.717) is 32.8 Å². The van der Waals surface area contributed by atoms with Crippen molar-refractivity contribution in [2.45, 2.75) is 26.0 Å². The van der Waals surface area contributed by atoms with Crippen molar-refractivity contribution in [3.63, 3.8) is 0 Å². The van der Waals surface area contributed by atoms with Crippen LogP contribution >= 0.6 is 15.9 Å². The lowest BCUT2D eigenvalue weighted by Crippen LogP contribution is -2.44. The zero-order chi connectivity index (χ0) is 24.1. The largest absolute Gasteiger partial charge is 0.495 e. The third-order valence-corrected chi connectivity index (χ3v) is 6.20. The Morgan fingerprint density at radius 2 is 1.94 bits per heavy atom. The molecule has 2 aromatic carbocycles. The molecule has 1 amide bonds. The molecule has 1 aromatic heterocycles. The first kappa shape index (κ1) is 22.7. The van der Waals surface area contributed by atoms with Gasteiger partial charge in [0.15, 0.2) is 5.69 Å². The van der Waals surface area contributed by atoms with Crippen LogP contribution in [-0.4, -0.2) is 40.3 Å². The number of amides is 1. The van der Waals surface area contributed by atoms with E-state index in [2.05, 4.69) is 27.1 Å². The summed E-state index contributed by atoms with van der Waals surface area (Å²) in [5, 5.41) is 13.9. The molecule has 1 aliphatic heterocycles. The molecular formula is C23H19BrF2N4O3.